The number of rotatable bonds is 5. The average molecular weight is 425 g/mol. The van der Waals surface area contributed by atoms with Crippen molar-refractivity contribution in [3.63, 3.8) is 0 Å². The van der Waals surface area contributed by atoms with Gasteiger partial charge in [0.05, 0.1) is 11.2 Å². The Hall–Kier alpha value is -2.97. The molecule has 30 heavy (non-hydrogen) atoms. The lowest BCUT2D eigenvalue weighted by Crippen LogP contribution is -2.44. The minimum Gasteiger partial charge on any atom is -0.484 e. The highest BCUT2D eigenvalue weighted by atomic mass is 35.5. The zero-order chi connectivity index (χ0) is 20.7. The molecule has 0 radical (unpaired) electrons. The summed E-state index contributed by atoms with van der Waals surface area (Å²) in [5.74, 6) is 1.47. The quantitative estimate of drug-likeness (QED) is 0.650. The maximum Gasteiger partial charge on any atom is 0.263 e. The lowest BCUT2D eigenvalue weighted by atomic mass is 10.2. The van der Waals surface area contributed by atoms with Crippen LogP contribution in [0.5, 0.6) is 5.75 Å². The van der Waals surface area contributed by atoms with Crippen LogP contribution in [0.15, 0.2) is 36.4 Å². The number of pyridine rings is 1. The van der Waals surface area contributed by atoms with Gasteiger partial charge in [0.25, 0.3) is 5.91 Å². The van der Waals surface area contributed by atoms with Crippen molar-refractivity contribution in [3.05, 3.63) is 47.1 Å². The van der Waals surface area contributed by atoms with Gasteiger partial charge in [0.1, 0.15) is 17.1 Å². The number of aromatic nitrogens is 3. The molecule has 1 aromatic carbocycles. The van der Waals surface area contributed by atoms with Crippen molar-refractivity contribution >= 4 is 40.3 Å². The summed E-state index contributed by atoms with van der Waals surface area (Å²) in [6.07, 6.45) is 1.14. The van der Waals surface area contributed by atoms with E-state index in [0.717, 1.165) is 36.7 Å². The van der Waals surface area contributed by atoms with Gasteiger partial charge in [-0.05, 0) is 49.7 Å². The third kappa shape index (κ3) is 3.76. The van der Waals surface area contributed by atoms with E-state index in [1.54, 1.807) is 30.3 Å². The van der Waals surface area contributed by atoms with Crippen LogP contribution in [0.2, 0.25) is 5.02 Å². The number of aryl methyl sites for hydroxylation is 1. The van der Waals surface area contributed by atoms with Crippen molar-refractivity contribution in [3.8, 4) is 5.75 Å². The Morgan fingerprint density at radius 1 is 1.23 bits per heavy atom. The summed E-state index contributed by atoms with van der Waals surface area (Å²) >= 11 is 5.85. The molecule has 1 amide bonds. The maximum absolute atomic E-state index is 12.2. The van der Waals surface area contributed by atoms with E-state index >= 15 is 0 Å². The van der Waals surface area contributed by atoms with Crippen molar-refractivity contribution in [1.29, 1.82) is 0 Å². The van der Waals surface area contributed by atoms with Gasteiger partial charge in [0.2, 0.25) is 5.95 Å². The van der Waals surface area contributed by atoms with Crippen LogP contribution in [0, 0.1) is 6.92 Å². The largest absolute Gasteiger partial charge is 0.484 e. The zero-order valence-corrected chi connectivity index (χ0v) is 17.2. The molecule has 154 valence electrons. The van der Waals surface area contributed by atoms with E-state index in [1.165, 1.54) is 0 Å². The fourth-order valence-electron chi connectivity index (χ4n) is 4.01. The fourth-order valence-corrected chi connectivity index (χ4v) is 4.13. The highest BCUT2D eigenvalue weighted by molar-refractivity contribution is 6.30. The lowest BCUT2D eigenvalue weighted by Gasteiger charge is -2.27. The predicted molar refractivity (Wildman–Crippen MR) is 115 cm³/mol. The number of hydrogen-bond acceptors (Lipinski definition) is 7. The number of nitrogens with zero attached hydrogens (tertiary/aromatic N) is 4. The molecule has 2 saturated heterocycles. The number of anilines is 2. The Morgan fingerprint density at radius 2 is 2.07 bits per heavy atom. The number of halogens is 1. The standard InChI is InChI=1S/C21H21ClN6O2/c1-12-20-17(25-21(24-12)28-10-14-8-15(28)9-23-14)6-7-18(27-20)26-19(29)11-30-16-4-2-13(22)3-5-16/h2-7,14-15,23H,8-11H2,1H3,(H,26,27,29). The van der Waals surface area contributed by atoms with E-state index in [-0.39, 0.29) is 12.5 Å². The summed E-state index contributed by atoms with van der Waals surface area (Å²) in [7, 11) is 0. The molecule has 2 N–H and O–H groups in total. The number of ether oxygens (including phenoxy) is 1. The van der Waals surface area contributed by atoms with Gasteiger partial charge in [-0.2, -0.15) is 0 Å². The van der Waals surface area contributed by atoms with Crippen molar-refractivity contribution in [2.75, 3.05) is 29.9 Å². The number of amides is 1. The van der Waals surface area contributed by atoms with Crippen LogP contribution >= 0.6 is 11.6 Å². The molecule has 9 heteroatoms. The van der Waals surface area contributed by atoms with Crippen LogP contribution < -0.4 is 20.3 Å². The van der Waals surface area contributed by atoms with E-state index in [4.69, 9.17) is 21.3 Å². The van der Waals surface area contributed by atoms with Gasteiger partial charge >= 0.3 is 0 Å². The van der Waals surface area contributed by atoms with Crippen LogP contribution in [-0.2, 0) is 4.79 Å². The Labute approximate surface area is 178 Å². The fraction of sp³-hybridized carbons (Fsp3) is 0.333. The highest BCUT2D eigenvalue weighted by Gasteiger charge is 2.39. The lowest BCUT2D eigenvalue weighted by molar-refractivity contribution is -0.118. The van der Waals surface area contributed by atoms with Crippen molar-refractivity contribution in [2.45, 2.75) is 25.4 Å². The van der Waals surface area contributed by atoms with E-state index in [0.29, 0.717) is 34.2 Å². The second-order valence-electron chi connectivity index (χ2n) is 7.61. The molecule has 4 heterocycles. The van der Waals surface area contributed by atoms with E-state index in [1.807, 2.05) is 13.0 Å². The van der Waals surface area contributed by atoms with Gasteiger partial charge in [-0.25, -0.2) is 15.0 Å². The first-order chi connectivity index (χ1) is 14.5. The first-order valence-corrected chi connectivity index (χ1v) is 10.3. The summed E-state index contributed by atoms with van der Waals surface area (Å²) in [6, 6.07) is 11.4. The first-order valence-electron chi connectivity index (χ1n) is 9.89. The number of carbonyl (C=O) groups is 1. The molecule has 3 aromatic rings. The Balaban J connectivity index is 1.28. The summed E-state index contributed by atoms with van der Waals surface area (Å²) in [4.78, 5) is 28.4. The minimum absolute atomic E-state index is 0.124. The second kappa shape index (κ2) is 7.70. The number of nitrogens with one attached hydrogen (secondary N) is 2. The molecule has 2 bridgehead atoms. The third-order valence-electron chi connectivity index (χ3n) is 5.47. The molecule has 8 nitrogen and oxygen atoms in total. The normalized spacial score (nSPS) is 20.0. The molecular formula is C21H21ClN6O2. The van der Waals surface area contributed by atoms with Gasteiger partial charge in [0.15, 0.2) is 6.61 Å². The molecule has 2 unspecified atom stereocenters. The SMILES string of the molecule is Cc1nc(N2CC3CC2CN3)nc2ccc(NC(=O)COc3ccc(Cl)cc3)nc12. The van der Waals surface area contributed by atoms with Gasteiger partial charge in [-0.15, -0.1) is 0 Å². The summed E-state index contributed by atoms with van der Waals surface area (Å²) < 4.78 is 5.47. The van der Waals surface area contributed by atoms with Crippen LogP contribution in [0.3, 0.4) is 0 Å². The molecule has 2 aliphatic rings. The first kappa shape index (κ1) is 19.0. The van der Waals surface area contributed by atoms with Gasteiger partial charge in [-0.3, -0.25) is 4.79 Å². The zero-order valence-electron chi connectivity index (χ0n) is 16.4. The highest BCUT2D eigenvalue weighted by Crippen LogP contribution is 2.28. The van der Waals surface area contributed by atoms with E-state index < -0.39 is 0 Å². The van der Waals surface area contributed by atoms with Crippen LogP contribution in [0.4, 0.5) is 11.8 Å². The molecular weight excluding hydrogens is 404 g/mol. The molecule has 0 spiro atoms. The average Bonchev–Trinajstić information content (AvgIpc) is 3.37. The monoisotopic (exact) mass is 424 g/mol. The number of piperazine rings is 1. The Kier molecular flexibility index (Phi) is 4.88. The van der Waals surface area contributed by atoms with Gasteiger partial charge < -0.3 is 20.3 Å². The summed E-state index contributed by atoms with van der Waals surface area (Å²) in [6.45, 7) is 3.71. The maximum atomic E-state index is 12.2. The molecule has 5 rings (SSSR count). The molecule has 2 fully saturated rings. The number of benzene rings is 1. The van der Waals surface area contributed by atoms with Crippen LogP contribution in [0.1, 0.15) is 12.1 Å². The smallest absolute Gasteiger partial charge is 0.263 e. The molecule has 2 atom stereocenters. The Morgan fingerprint density at radius 3 is 2.80 bits per heavy atom. The molecule has 0 aliphatic carbocycles. The van der Waals surface area contributed by atoms with E-state index in [2.05, 4.69) is 25.5 Å². The molecule has 2 aliphatic heterocycles. The van der Waals surface area contributed by atoms with Crippen LogP contribution in [-0.4, -0.2) is 52.6 Å². The topological polar surface area (TPSA) is 92.3 Å². The van der Waals surface area contributed by atoms with Crippen molar-refractivity contribution in [2.24, 2.45) is 0 Å². The minimum atomic E-state index is -0.299. The summed E-state index contributed by atoms with van der Waals surface area (Å²) in [5, 5.41) is 6.86. The second-order valence-corrected chi connectivity index (χ2v) is 8.05. The molecule has 2 aromatic heterocycles. The van der Waals surface area contributed by atoms with Crippen molar-refractivity contribution in [1.82, 2.24) is 20.3 Å². The number of carbonyl (C=O) groups excluding carboxylic acids is 1. The van der Waals surface area contributed by atoms with Gasteiger partial charge in [0, 0.05) is 30.2 Å². The molecule has 0 saturated carbocycles. The number of fused-ring (bicyclic) bond motifs is 3. The third-order valence-corrected chi connectivity index (χ3v) is 5.72. The summed E-state index contributed by atoms with van der Waals surface area (Å²) in [5.41, 5.74) is 2.24. The predicted octanol–water partition coefficient (Wildman–Crippen LogP) is 2.55. The van der Waals surface area contributed by atoms with Gasteiger partial charge in [-0.1, -0.05) is 11.6 Å². The number of hydrogen-bond donors (Lipinski definition) is 2. The van der Waals surface area contributed by atoms with Crippen molar-refractivity contribution < 1.29 is 9.53 Å². The van der Waals surface area contributed by atoms with E-state index in [9.17, 15) is 4.79 Å². The Bertz CT molecular complexity index is 1110. The van der Waals surface area contributed by atoms with Crippen LogP contribution in [0.25, 0.3) is 11.0 Å².